The molecule has 0 aliphatic rings. The van der Waals surface area contributed by atoms with Gasteiger partial charge in [-0.2, -0.15) is 13.2 Å². The average Bonchev–Trinajstić information content (AvgIpc) is 2.27. The normalized spacial score (nSPS) is 12.7. The van der Waals surface area contributed by atoms with Crippen molar-refractivity contribution in [3.8, 4) is 0 Å². The van der Waals surface area contributed by atoms with Crippen molar-refractivity contribution in [2.45, 2.75) is 30.8 Å². The van der Waals surface area contributed by atoms with Crippen molar-refractivity contribution in [2.75, 3.05) is 6.54 Å². The third-order valence-corrected chi connectivity index (χ3v) is 4.16. The zero-order chi connectivity index (χ0) is 14.7. The molecule has 0 spiro atoms. The van der Waals surface area contributed by atoms with Gasteiger partial charge in [-0.25, -0.2) is 13.1 Å². The molecule has 0 saturated carbocycles. The van der Waals surface area contributed by atoms with Crippen LogP contribution in [-0.4, -0.2) is 15.0 Å². The van der Waals surface area contributed by atoms with Crippen molar-refractivity contribution in [1.29, 1.82) is 0 Å². The first-order valence-corrected chi connectivity index (χ1v) is 7.41. The number of sulfonamides is 1. The van der Waals surface area contributed by atoms with E-state index in [0.717, 1.165) is 18.6 Å². The molecule has 1 N–H and O–H groups in total. The lowest BCUT2D eigenvalue weighted by atomic mass is 10.2. The molecule has 0 radical (unpaired) electrons. The summed E-state index contributed by atoms with van der Waals surface area (Å²) in [5.74, 6) is 0. The molecule has 8 heteroatoms. The second-order valence-corrected chi connectivity index (χ2v) is 6.06. The maximum Gasteiger partial charge on any atom is 0.417 e. The zero-order valence-electron chi connectivity index (χ0n) is 10.1. The maximum atomic E-state index is 12.6. The van der Waals surface area contributed by atoms with Gasteiger partial charge in [0.2, 0.25) is 10.0 Å². The van der Waals surface area contributed by atoms with E-state index < -0.39 is 31.7 Å². The summed E-state index contributed by atoms with van der Waals surface area (Å²) in [7, 11) is -3.94. The summed E-state index contributed by atoms with van der Waals surface area (Å²) in [6, 6.07) is 2.52. The topological polar surface area (TPSA) is 46.2 Å². The number of benzene rings is 1. The lowest BCUT2D eigenvalue weighted by Crippen LogP contribution is -2.25. The van der Waals surface area contributed by atoms with Gasteiger partial charge in [0.25, 0.3) is 0 Å². The van der Waals surface area contributed by atoms with E-state index >= 15 is 0 Å². The number of hydrogen-bond donors (Lipinski definition) is 1. The first-order valence-electron chi connectivity index (χ1n) is 5.55. The second kappa shape index (κ2) is 6.11. The molecule has 1 aromatic carbocycles. The van der Waals surface area contributed by atoms with Crippen LogP contribution in [0.15, 0.2) is 23.1 Å². The molecule has 0 atom stereocenters. The molecule has 0 amide bonds. The minimum atomic E-state index is -4.69. The summed E-state index contributed by atoms with van der Waals surface area (Å²) in [6.07, 6.45) is -3.30. The van der Waals surface area contributed by atoms with Crippen LogP contribution in [0.3, 0.4) is 0 Å². The standard InChI is InChI=1S/C11H13ClF3NO2S/c1-2-3-6-16-19(17,18)8-4-5-10(12)9(7-8)11(13,14)15/h4-5,7,16H,2-3,6H2,1H3. The molecule has 0 aliphatic heterocycles. The molecule has 0 aliphatic carbocycles. The summed E-state index contributed by atoms with van der Waals surface area (Å²) < 4.78 is 63.7. The Balaban J connectivity index is 3.09. The molecular weight excluding hydrogens is 303 g/mol. The van der Waals surface area contributed by atoms with E-state index in [4.69, 9.17) is 11.6 Å². The van der Waals surface area contributed by atoms with Crippen LogP contribution in [0.4, 0.5) is 13.2 Å². The predicted molar refractivity (Wildman–Crippen MR) is 66.6 cm³/mol. The molecule has 0 heterocycles. The number of hydrogen-bond acceptors (Lipinski definition) is 2. The Labute approximate surface area is 114 Å². The Morgan fingerprint density at radius 3 is 2.47 bits per heavy atom. The van der Waals surface area contributed by atoms with Gasteiger partial charge in [-0.1, -0.05) is 24.9 Å². The molecule has 0 saturated heterocycles. The fourth-order valence-electron chi connectivity index (χ4n) is 1.36. The van der Waals surface area contributed by atoms with Gasteiger partial charge in [-0.05, 0) is 24.6 Å². The van der Waals surface area contributed by atoms with Crippen molar-refractivity contribution in [1.82, 2.24) is 4.72 Å². The van der Waals surface area contributed by atoms with Gasteiger partial charge in [0.15, 0.2) is 0 Å². The minimum Gasteiger partial charge on any atom is -0.211 e. The molecule has 108 valence electrons. The van der Waals surface area contributed by atoms with Gasteiger partial charge in [0.1, 0.15) is 0 Å². The smallest absolute Gasteiger partial charge is 0.211 e. The molecule has 19 heavy (non-hydrogen) atoms. The van der Waals surface area contributed by atoms with Crippen molar-refractivity contribution >= 4 is 21.6 Å². The van der Waals surface area contributed by atoms with Crippen molar-refractivity contribution in [3.05, 3.63) is 28.8 Å². The Morgan fingerprint density at radius 2 is 1.95 bits per heavy atom. The van der Waals surface area contributed by atoms with Gasteiger partial charge in [0.05, 0.1) is 15.5 Å². The summed E-state index contributed by atoms with van der Waals surface area (Å²) in [5, 5.41) is -0.528. The quantitative estimate of drug-likeness (QED) is 0.846. The van der Waals surface area contributed by atoms with E-state index in [0.29, 0.717) is 12.5 Å². The van der Waals surface area contributed by atoms with Gasteiger partial charge in [-0.3, -0.25) is 0 Å². The van der Waals surface area contributed by atoms with Crippen LogP contribution in [0.5, 0.6) is 0 Å². The Kier molecular flexibility index (Phi) is 5.23. The Morgan fingerprint density at radius 1 is 1.32 bits per heavy atom. The number of unbranched alkanes of at least 4 members (excludes halogenated alkanes) is 1. The van der Waals surface area contributed by atoms with E-state index in [1.54, 1.807) is 0 Å². The molecule has 0 bridgehead atoms. The molecule has 1 aromatic rings. The van der Waals surface area contributed by atoms with Crippen molar-refractivity contribution in [2.24, 2.45) is 0 Å². The summed E-state index contributed by atoms with van der Waals surface area (Å²) >= 11 is 5.42. The first kappa shape index (κ1) is 16.3. The molecule has 0 fully saturated rings. The third-order valence-electron chi connectivity index (χ3n) is 2.38. The van der Waals surface area contributed by atoms with Gasteiger partial charge in [-0.15, -0.1) is 0 Å². The van der Waals surface area contributed by atoms with E-state index in [2.05, 4.69) is 4.72 Å². The third kappa shape index (κ3) is 4.36. The number of alkyl halides is 3. The molecular formula is C11H13ClF3NO2S. The van der Waals surface area contributed by atoms with Crippen LogP contribution in [-0.2, 0) is 16.2 Å². The zero-order valence-corrected chi connectivity index (χ0v) is 11.7. The highest BCUT2D eigenvalue weighted by Crippen LogP contribution is 2.35. The van der Waals surface area contributed by atoms with Crippen LogP contribution in [0.25, 0.3) is 0 Å². The van der Waals surface area contributed by atoms with Gasteiger partial charge < -0.3 is 0 Å². The van der Waals surface area contributed by atoms with E-state index in [1.165, 1.54) is 0 Å². The Bertz CT molecular complexity index is 543. The van der Waals surface area contributed by atoms with Crippen LogP contribution < -0.4 is 4.72 Å². The number of nitrogens with one attached hydrogen (secondary N) is 1. The molecule has 3 nitrogen and oxygen atoms in total. The Hall–Kier alpha value is -0.790. The van der Waals surface area contributed by atoms with Gasteiger partial charge >= 0.3 is 6.18 Å². The fraction of sp³-hybridized carbons (Fsp3) is 0.455. The molecule has 0 aromatic heterocycles. The van der Waals surface area contributed by atoms with Crippen LogP contribution in [0, 0.1) is 0 Å². The summed E-state index contributed by atoms with van der Waals surface area (Å²) in [5.41, 5.74) is -1.16. The van der Waals surface area contributed by atoms with Crippen LogP contribution in [0.1, 0.15) is 25.3 Å². The average molecular weight is 316 g/mol. The van der Waals surface area contributed by atoms with E-state index in [9.17, 15) is 21.6 Å². The summed E-state index contributed by atoms with van der Waals surface area (Å²) in [4.78, 5) is -0.444. The largest absolute Gasteiger partial charge is 0.417 e. The molecule has 0 unspecified atom stereocenters. The highest BCUT2D eigenvalue weighted by molar-refractivity contribution is 7.89. The minimum absolute atomic E-state index is 0.183. The molecule has 1 rings (SSSR count). The first-order chi connectivity index (χ1) is 8.68. The lowest BCUT2D eigenvalue weighted by molar-refractivity contribution is -0.137. The number of halogens is 4. The summed E-state index contributed by atoms with van der Waals surface area (Å²) in [6.45, 7) is 2.06. The SMILES string of the molecule is CCCCNS(=O)(=O)c1ccc(Cl)c(C(F)(F)F)c1. The lowest BCUT2D eigenvalue weighted by Gasteiger charge is -2.11. The predicted octanol–water partition coefficient (Wildman–Crippen LogP) is 3.44. The van der Waals surface area contributed by atoms with Crippen molar-refractivity contribution in [3.63, 3.8) is 0 Å². The van der Waals surface area contributed by atoms with Crippen molar-refractivity contribution < 1.29 is 21.6 Å². The van der Waals surface area contributed by atoms with E-state index in [1.807, 2.05) is 6.92 Å². The van der Waals surface area contributed by atoms with Gasteiger partial charge in [0, 0.05) is 6.54 Å². The van der Waals surface area contributed by atoms with E-state index in [-0.39, 0.29) is 6.54 Å². The second-order valence-electron chi connectivity index (χ2n) is 3.89. The monoisotopic (exact) mass is 315 g/mol. The fourth-order valence-corrected chi connectivity index (χ4v) is 2.68. The highest BCUT2D eigenvalue weighted by Gasteiger charge is 2.34. The maximum absolute atomic E-state index is 12.6. The van der Waals surface area contributed by atoms with Crippen LogP contribution in [0.2, 0.25) is 5.02 Å². The number of rotatable bonds is 5. The van der Waals surface area contributed by atoms with Crippen LogP contribution >= 0.6 is 11.6 Å². The highest BCUT2D eigenvalue weighted by atomic mass is 35.5.